The van der Waals surface area contributed by atoms with Crippen LogP contribution < -0.4 is 4.72 Å². The van der Waals surface area contributed by atoms with Crippen molar-refractivity contribution < 1.29 is 18.1 Å². The summed E-state index contributed by atoms with van der Waals surface area (Å²) in [6, 6.07) is 8.86. The van der Waals surface area contributed by atoms with Crippen molar-refractivity contribution in [3.8, 4) is 0 Å². The predicted molar refractivity (Wildman–Crippen MR) is 97.7 cm³/mol. The molecule has 1 aromatic carbocycles. The lowest BCUT2D eigenvalue weighted by atomic mass is 10.2. The van der Waals surface area contributed by atoms with Gasteiger partial charge in [0.25, 0.3) is 5.69 Å². The number of nitrogens with one attached hydrogen (secondary N) is 1. The van der Waals surface area contributed by atoms with Crippen molar-refractivity contribution in [2.24, 2.45) is 0 Å². The molecule has 140 valence electrons. The van der Waals surface area contributed by atoms with Crippen LogP contribution in [0.4, 0.5) is 5.69 Å². The molecule has 1 aromatic heterocycles. The highest BCUT2D eigenvalue weighted by atomic mass is 32.2. The SMILES string of the molecule is O=[N+]([O-])c1cccc(S(=O)(=O)NC[C@H](c2cccs2)N2CCOCC2)c1. The van der Waals surface area contributed by atoms with E-state index >= 15 is 0 Å². The monoisotopic (exact) mass is 397 g/mol. The van der Waals surface area contributed by atoms with E-state index in [0.29, 0.717) is 13.2 Å². The average Bonchev–Trinajstić information content (AvgIpc) is 3.17. The van der Waals surface area contributed by atoms with E-state index in [-0.39, 0.29) is 23.2 Å². The van der Waals surface area contributed by atoms with Crippen LogP contribution in [0.5, 0.6) is 0 Å². The lowest BCUT2D eigenvalue weighted by molar-refractivity contribution is -0.385. The molecule has 26 heavy (non-hydrogen) atoms. The number of rotatable bonds is 7. The van der Waals surface area contributed by atoms with Gasteiger partial charge in [0.2, 0.25) is 10.0 Å². The summed E-state index contributed by atoms with van der Waals surface area (Å²) in [5.74, 6) is 0. The van der Waals surface area contributed by atoms with Crippen molar-refractivity contribution in [2.75, 3.05) is 32.8 Å². The predicted octanol–water partition coefficient (Wildman–Crippen LogP) is 2.01. The Hall–Kier alpha value is -1.85. The molecule has 2 heterocycles. The van der Waals surface area contributed by atoms with Crippen molar-refractivity contribution >= 4 is 27.0 Å². The van der Waals surface area contributed by atoms with Crippen LogP contribution in [-0.4, -0.2) is 51.1 Å². The van der Waals surface area contributed by atoms with Crippen LogP contribution in [0.1, 0.15) is 10.9 Å². The number of nitrogens with zero attached hydrogens (tertiary/aromatic N) is 2. The lowest BCUT2D eigenvalue weighted by Gasteiger charge is -2.34. The van der Waals surface area contributed by atoms with Crippen LogP contribution in [0.2, 0.25) is 0 Å². The van der Waals surface area contributed by atoms with E-state index in [2.05, 4.69) is 9.62 Å². The van der Waals surface area contributed by atoms with Gasteiger partial charge in [-0.2, -0.15) is 0 Å². The Balaban J connectivity index is 1.77. The van der Waals surface area contributed by atoms with Crippen LogP contribution in [-0.2, 0) is 14.8 Å². The summed E-state index contributed by atoms with van der Waals surface area (Å²) in [5, 5.41) is 12.8. The Morgan fingerprint density at radius 2 is 2.04 bits per heavy atom. The number of nitro benzene ring substituents is 1. The third-order valence-electron chi connectivity index (χ3n) is 4.16. The topological polar surface area (TPSA) is 102 Å². The highest BCUT2D eigenvalue weighted by Gasteiger charge is 2.26. The fourth-order valence-corrected chi connectivity index (χ4v) is 4.75. The molecule has 1 N–H and O–H groups in total. The van der Waals surface area contributed by atoms with E-state index in [1.807, 2.05) is 17.5 Å². The summed E-state index contributed by atoms with van der Waals surface area (Å²) in [7, 11) is -3.85. The molecule has 1 aliphatic rings. The van der Waals surface area contributed by atoms with Crippen LogP contribution in [0.25, 0.3) is 0 Å². The van der Waals surface area contributed by atoms with Gasteiger partial charge in [-0.3, -0.25) is 15.0 Å². The number of non-ortho nitro benzene ring substituents is 1. The third kappa shape index (κ3) is 4.46. The van der Waals surface area contributed by atoms with Gasteiger partial charge in [-0.25, -0.2) is 13.1 Å². The summed E-state index contributed by atoms with van der Waals surface area (Å²) in [4.78, 5) is 13.4. The molecule has 0 amide bonds. The van der Waals surface area contributed by atoms with Gasteiger partial charge in [-0.1, -0.05) is 12.1 Å². The molecule has 1 saturated heterocycles. The molecule has 0 radical (unpaired) electrons. The van der Waals surface area contributed by atoms with Gasteiger partial charge >= 0.3 is 0 Å². The first-order valence-corrected chi connectivity index (χ1v) is 10.4. The van der Waals surface area contributed by atoms with Gasteiger partial charge in [0.05, 0.1) is 29.1 Å². The molecule has 1 aliphatic heterocycles. The van der Waals surface area contributed by atoms with Gasteiger partial charge in [-0.15, -0.1) is 11.3 Å². The Bertz CT molecular complexity index is 849. The van der Waals surface area contributed by atoms with E-state index in [0.717, 1.165) is 24.0 Å². The average molecular weight is 397 g/mol. The third-order valence-corrected chi connectivity index (χ3v) is 6.56. The maximum Gasteiger partial charge on any atom is 0.270 e. The van der Waals surface area contributed by atoms with E-state index in [1.54, 1.807) is 11.3 Å². The van der Waals surface area contributed by atoms with Crippen molar-refractivity contribution in [3.63, 3.8) is 0 Å². The Morgan fingerprint density at radius 3 is 2.69 bits per heavy atom. The van der Waals surface area contributed by atoms with Gasteiger partial charge in [0, 0.05) is 36.6 Å². The lowest BCUT2D eigenvalue weighted by Crippen LogP contribution is -2.43. The number of nitro groups is 1. The van der Waals surface area contributed by atoms with Crippen molar-refractivity contribution in [2.45, 2.75) is 10.9 Å². The number of thiophene rings is 1. The normalized spacial score (nSPS) is 17.1. The van der Waals surface area contributed by atoms with E-state index in [1.165, 1.54) is 18.2 Å². The molecular formula is C16H19N3O5S2. The first-order valence-electron chi connectivity index (χ1n) is 8.07. The maximum absolute atomic E-state index is 12.6. The van der Waals surface area contributed by atoms with E-state index in [9.17, 15) is 18.5 Å². The second-order valence-electron chi connectivity index (χ2n) is 5.79. The zero-order valence-corrected chi connectivity index (χ0v) is 15.5. The van der Waals surface area contributed by atoms with Gasteiger partial charge in [0.15, 0.2) is 0 Å². The summed E-state index contributed by atoms with van der Waals surface area (Å²) in [6.07, 6.45) is 0. The summed E-state index contributed by atoms with van der Waals surface area (Å²) >= 11 is 1.57. The number of ether oxygens (including phenoxy) is 1. The van der Waals surface area contributed by atoms with Crippen molar-refractivity contribution in [3.05, 3.63) is 56.8 Å². The molecule has 0 saturated carbocycles. The largest absolute Gasteiger partial charge is 0.379 e. The minimum Gasteiger partial charge on any atom is -0.379 e. The molecule has 0 aliphatic carbocycles. The smallest absolute Gasteiger partial charge is 0.270 e. The Morgan fingerprint density at radius 1 is 1.27 bits per heavy atom. The maximum atomic E-state index is 12.6. The van der Waals surface area contributed by atoms with Crippen LogP contribution >= 0.6 is 11.3 Å². The first kappa shape index (κ1) is 18.9. The van der Waals surface area contributed by atoms with Gasteiger partial charge < -0.3 is 4.74 Å². The molecule has 1 atom stereocenters. The molecule has 1 fully saturated rings. The summed E-state index contributed by atoms with van der Waals surface area (Å²) in [6.45, 7) is 2.85. The van der Waals surface area contributed by atoms with E-state index < -0.39 is 14.9 Å². The molecule has 3 rings (SSSR count). The molecule has 8 nitrogen and oxygen atoms in total. The second-order valence-corrected chi connectivity index (χ2v) is 8.53. The fraction of sp³-hybridized carbons (Fsp3) is 0.375. The first-order chi connectivity index (χ1) is 12.5. The molecule has 0 bridgehead atoms. The minimum atomic E-state index is -3.85. The molecule has 0 unspecified atom stereocenters. The highest BCUT2D eigenvalue weighted by molar-refractivity contribution is 7.89. The summed E-state index contributed by atoms with van der Waals surface area (Å²) < 4.78 is 33.2. The Labute approximate surface area is 155 Å². The standard InChI is InChI=1S/C16H19N3O5S2/c20-19(21)13-3-1-4-14(11-13)26(22,23)17-12-15(16-5-2-10-25-16)18-6-8-24-9-7-18/h1-5,10-11,15,17H,6-9,12H2/t15-/m1/s1. The molecular weight excluding hydrogens is 378 g/mol. The zero-order chi connectivity index (χ0) is 18.6. The highest BCUT2D eigenvalue weighted by Crippen LogP contribution is 2.26. The van der Waals surface area contributed by atoms with Crippen LogP contribution in [0, 0.1) is 10.1 Å². The van der Waals surface area contributed by atoms with Gasteiger partial charge in [0.1, 0.15) is 0 Å². The summed E-state index contributed by atoms with van der Waals surface area (Å²) in [5.41, 5.74) is -0.254. The van der Waals surface area contributed by atoms with Gasteiger partial charge in [-0.05, 0) is 17.5 Å². The minimum absolute atomic E-state index is 0.104. The van der Waals surface area contributed by atoms with E-state index in [4.69, 9.17) is 4.74 Å². The number of morpholine rings is 1. The number of hydrogen-bond acceptors (Lipinski definition) is 7. The van der Waals surface area contributed by atoms with Crippen molar-refractivity contribution in [1.29, 1.82) is 0 Å². The zero-order valence-electron chi connectivity index (χ0n) is 13.9. The quantitative estimate of drug-likeness (QED) is 0.566. The molecule has 10 heteroatoms. The molecule has 2 aromatic rings. The number of benzene rings is 1. The van der Waals surface area contributed by atoms with Crippen molar-refractivity contribution in [1.82, 2.24) is 9.62 Å². The molecule has 0 spiro atoms. The fourth-order valence-electron chi connectivity index (χ4n) is 2.82. The van der Waals surface area contributed by atoms with Crippen LogP contribution in [0.3, 0.4) is 0 Å². The van der Waals surface area contributed by atoms with Crippen LogP contribution in [0.15, 0.2) is 46.7 Å². The second kappa shape index (κ2) is 8.23. The number of hydrogen-bond donors (Lipinski definition) is 1. The number of sulfonamides is 1. The Kier molecular flexibility index (Phi) is 5.99.